The lowest BCUT2D eigenvalue weighted by Crippen LogP contribution is -2.17. The van der Waals surface area contributed by atoms with Crippen LogP contribution >= 0.6 is 0 Å². The Hall–Kier alpha value is -2.16. The zero-order chi connectivity index (χ0) is 17.3. The quantitative estimate of drug-likeness (QED) is 0.781. The van der Waals surface area contributed by atoms with Crippen molar-refractivity contribution in [3.63, 3.8) is 0 Å². The average Bonchev–Trinajstić information content (AvgIpc) is 2.44. The van der Waals surface area contributed by atoms with Crippen molar-refractivity contribution in [2.75, 3.05) is 0 Å². The van der Waals surface area contributed by atoms with Gasteiger partial charge in [0, 0.05) is 23.5 Å². The molecule has 23 heavy (non-hydrogen) atoms. The van der Waals surface area contributed by atoms with E-state index >= 15 is 0 Å². The Morgan fingerprint density at radius 1 is 0.957 bits per heavy atom. The topological polar surface area (TPSA) is 45.5 Å². The molecular formula is C20H26N2O. The van der Waals surface area contributed by atoms with E-state index in [1.807, 2.05) is 36.5 Å². The van der Waals surface area contributed by atoms with Gasteiger partial charge < -0.3 is 5.11 Å². The summed E-state index contributed by atoms with van der Waals surface area (Å²) in [6.07, 6.45) is 3.54. The molecular weight excluding hydrogens is 284 g/mol. The minimum Gasteiger partial charge on any atom is -0.507 e. The second-order valence-electron chi connectivity index (χ2n) is 7.91. The molecule has 0 unspecified atom stereocenters. The van der Waals surface area contributed by atoms with Crippen LogP contribution in [0.1, 0.15) is 58.2 Å². The molecule has 122 valence electrons. The van der Waals surface area contributed by atoms with Crippen LogP contribution < -0.4 is 0 Å². The molecule has 0 radical (unpaired) electrons. The molecule has 0 aliphatic heterocycles. The van der Waals surface area contributed by atoms with Crippen molar-refractivity contribution in [1.82, 2.24) is 4.98 Å². The van der Waals surface area contributed by atoms with Crippen molar-refractivity contribution in [3.8, 4) is 5.75 Å². The Morgan fingerprint density at radius 3 is 1.96 bits per heavy atom. The van der Waals surface area contributed by atoms with Crippen LogP contribution in [0.4, 0.5) is 5.82 Å². The highest BCUT2D eigenvalue weighted by Gasteiger charge is 2.26. The van der Waals surface area contributed by atoms with Crippen molar-refractivity contribution >= 4 is 12.0 Å². The zero-order valence-electron chi connectivity index (χ0n) is 14.9. The maximum absolute atomic E-state index is 10.7. The van der Waals surface area contributed by atoms with Crippen molar-refractivity contribution in [2.24, 2.45) is 4.99 Å². The van der Waals surface area contributed by atoms with Gasteiger partial charge in [-0.2, -0.15) is 0 Å². The molecule has 0 saturated carbocycles. The molecule has 0 fully saturated rings. The van der Waals surface area contributed by atoms with Gasteiger partial charge in [-0.05, 0) is 40.7 Å². The number of hydrogen-bond donors (Lipinski definition) is 1. The van der Waals surface area contributed by atoms with Crippen LogP contribution in [0.5, 0.6) is 5.75 Å². The minimum absolute atomic E-state index is 0.140. The molecule has 0 aliphatic carbocycles. The van der Waals surface area contributed by atoms with Crippen LogP contribution in [-0.4, -0.2) is 16.3 Å². The highest BCUT2D eigenvalue weighted by atomic mass is 16.3. The maximum Gasteiger partial charge on any atom is 0.151 e. The molecule has 0 aliphatic rings. The van der Waals surface area contributed by atoms with Gasteiger partial charge in [-0.15, -0.1) is 0 Å². The van der Waals surface area contributed by atoms with Crippen molar-refractivity contribution in [1.29, 1.82) is 0 Å². The van der Waals surface area contributed by atoms with E-state index in [4.69, 9.17) is 0 Å². The predicted molar refractivity (Wildman–Crippen MR) is 97.0 cm³/mol. The van der Waals surface area contributed by atoms with E-state index in [0.29, 0.717) is 11.6 Å². The number of aliphatic imine (C=N–C) groups is 1. The van der Waals surface area contributed by atoms with Gasteiger partial charge in [0.15, 0.2) is 5.82 Å². The molecule has 2 aromatic rings. The molecule has 1 aromatic carbocycles. The Balaban J connectivity index is 2.54. The lowest BCUT2D eigenvalue weighted by Gasteiger charge is -2.27. The van der Waals surface area contributed by atoms with E-state index in [1.54, 1.807) is 6.20 Å². The molecule has 0 bridgehead atoms. The monoisotopic (exact) mass is 310 g/mol. The summed E-state index contributed by atoms with van der Waals surface area (Å²) in [7, 11) is 0. The second kappa shape index (κ2) is 6.15. The van der Waals surface area contributed by atoms with E-state index in [-0.39, 0.29) is 10.8 Å². The molecule has 0 atom stereocenters. The van der Waals surface area contributed by atoms with Crippen molar-refractivity contribution in [2.45, 2.75) is 52.4 Å². The SMILES string of the molecule is CC(C)(C)c1cc(C=Nc2ccccn2)cc(C(C)(C)C)c1O. The Morgan fingerprint density at radius 2 is 1.52 bits per heavy atom. The summed E-state index contributed by atoms with van der Waals surface area (Å²) in [5, 5.41) is 10.7. The number of phenols is 1. The maximum atomic E-state index is 10.7. The standard InChI is InChI=1S/C20H26N2O/c1-19(2,3)15-11-14(12-16(18(15)23)20(4,5)6)13-22-17-9-7-8-10-21-17/h7-13,23H,1-6H3. The van der Waals surface area contributed by atoms with Gasteiger partial charge in [0.05, 0.1) is 0 Å². The molecule has 0 saturated heterocycles. The first-order valence-corrected chi connectivity index (χ1v) is 7.92. The third-order valence-corrected chi connectivity index (χ3v) is 3.74. The third-order valence-electron chi connectivity index (χ3n) is 3.74. The van der Waals surface area contributed by atoms with Gasteiger partial charge in [-0.1, -0.05) is 47.6 Å². The first kappa shape index (κ1) is 17.2. The van der Waals surface area contributed by atoms with E-state index in [0.717, 1.165) is 16.7 Å². The minimum atomic E-state index is -0.140. The fourth-order valence-corrected chi connectivity index (χ4v) is 2.45. The fourth-order valence-electron chi connectivity index (χ4n) is 2.45. The van der Waals surface area contributed by atoms with Crippen molar-refractivity contribution < 1.29 is 5.11 Å². The molecule has 0 amide bonds. The first-order valence-electron chi connectivity index (χ1n) is 7.92. The van der Waals surface area contributed by atoms with Gasteiger partial charge >= 0.3 is 0 Å². The predicted octanol–water partition coefficient (Wildman–Crippen LogP) is 5.13. The van der Waals surface area contributed by atoms with Crippen LogP contribution in [0.2, 0.25) is 0 Å². The molecule has 2 rings (SSSR count). The lowest BCUT2D eigenvalue weighted by molar-refractivity contribution is 0.423. The number of phenolic OH excluding ortho intramolecular Hbond substituents is 1. The molecule has 0 spiro atoms. The van der Waals surface area contributed by atoms with Gasteiger partial charge in [0.25, 0.3) is 0 Å². The Kier molecular flexibility index (Phi) is 4.60. The zero-order valence-corrected chi connectivity index (χ0v) is 14.9. The largest absolute Gasteiger partial charge is 0.507 e. The van der Waals surface area contributed by atoms with E-state index in [1.165, 1.54) is 0 Å². The van der Waals surface area contributed by atoms with Crippen LogP contribution in [-0.2, 0) is 10.8 Å². The number of hydrogen-bond acceptors (Lipinski definition) is 3. The molecule has 3 heteroatoms. The number of nitrogens with zero attached hydrogens (tertiary/aromatic N) is 2. The smallest absolute Gasteiger partial charge is 0.151 e. The van der Waals surface area contributed by atoms with Gasteiger partial charge in [0.2, 0.25) is 0 Å². The van der Waals surface area contributed by atoms with E-state index in [2.05, 4.69) is 51.5 Å². The second-order valence-corrected chi connectivity index (χ2v) is 7.91. The summed E-state index contributed by atoms with van der Waals surface area (Å²) in [4.78, 5) is 8.64. The molecule has 1 heterocycles. The first-order chi connectivity index (χ1) is 10.6. The summed E-state index contributed by atoms with van der Waals surface area (Å²) in [6.45, 7) is 12.6. The number of pyridine rings is 1. The summed E-state index contributed by atoms with van der Waals surface area (Å²) >= 11 is 0. The number of rotatable bonds is 2. The normalized spacial score (nSPS) is 12.8. The van der Waals surface area contributed by atoms with Crippen LogP contribution in [0.15, 0.2) is 41.5 Å². The summed E-state index contributed by atoms with van der Waals surface area (Å²) in [5.41, 5.74) is 2.57. The number of benzene rings is 1. The highest BCUT2D eigenvalue weighted by molar-refractivity contribution is 5.83. The van der Waals surface area contributed by atoms with Gasteiger partial charge in [-0.25, -0.2) is 9.98 Å². The summed E-state index contributed by atoms with van der Waals surface area (Å²) in [6, 6.07) is 9.67. The third kappa shape index (κ3) is 4.19. The average molecular weight is 310 g/mol. The van der Waals surface area contributed by atoms with Crippen molar-refractivity contribution in [3.05, 3.63) is 53.2 Å². The van der Waals surface area contributed by atoms with E-state index in [9.17, 15) is 5.11 Å². The molecule has 3 nitrogen and oxygen atoms in total. The summed E-state index contributed by atoms with van der Waals surface area (Å²) in [5.74, 6) is 1.06. The van der Waals surface area contributed by atoms with Crippen LogP contribution in [0, 0.1) is 0 Å². The fraction of sp³-hybridized carbons (Fsp3) is 0.400. The van der Waals surface area contributed by atoms with Crippen LogP contribution in [0.3, 0.4) is 0 Å². The van der Waals surface area contributed by atoms with E-state index < -0.39 is 0 Å². The lowest BCUT2D eigenvalue weighted by atomic mass is 9.78. The Labute approximate surface area is 139 Å². The van der Waals surface area contributed by atoms with Crippen LogP contribution in [0.25, 0.3) is 0 Å². The summed E-state index contributed by atoms with van der Waals surface area (Å²) < 4.78 is 0. The number of aromatic nitrogens is 1. The van der Waals surface area contributed by atoms with Gasteiger partial charge in [-0.3, -0.25) is 0 Å². The molecule has 1 N–H and O–H groups in total. The highest BCUT2D eigenvalue weighted by Crippen LogP contribution is 2.39. The number of aromatic hydroxyl groups is 1. The van der Waals surface area contributed by atoms with Gasteiger partial charge in [0.1, 0.15) is 5.75 Å². The molecule has 1 aromatic heterocycles. The Bertz CT molecular complexity index is 670.